The lowest BCUT2D eigenvalue weighted by Gasteiger charge is -2.47. The zero-order valence-electron chi connectivity index (χ0n) is 13.7. The minimum absolute atomic E-state index is 0.127. The van der Waals surface area contributed by atoms with Crippen LogP contribution in [0, 0.1) is 0 Å². The van der Waals surface area contributed by atoms with Crippen molar-refractivity contribution in [1.29, 1.82) is 0 Å². The molecular weight excluding hydrogens is 353 g/mol. The van der Waals surface area contributed by atoms with E-state index >= 15 is 0 Å². The zero-order chi connectivity index (χ0) is 16.7. The first-order valence-corrected chi connectivity index (χ1v) is 17.9. The molecule has 1 aliphatic heterocycles. The van der Waals surface area contributed by atoms with Crippen molar-refractivity contribution in [3.05, 3.63) is 0 Å². The molecule has 0 radical (unpaired) electrons. The first kappa shape index (κ1) is 19.5. The Morgan fingerprint density at radius 3 is 1.33 bits per heavy atom. The highest BCUT2D eigenvalue weighted by Crippen LogP contribution is 2.35. The van der Waals surface area contributed by atoms with Gasteiger partial charge < -0.3 is 16.5 Å². The number of halogens is 3. The molecule has 1 saturated heterocycles. The van der Waals surface area contributed by atoms with Gasteiger partial charge in [0.15, 0.2) is 0 Å². The van der Waals surface area contributed by atoms with Crippen LogP contribution in [0.5, 0.6) is 0 Å². The highest BCUT2D eigenvalue weighted by atomic mass is 28.5. The summed E-state index contributed by atoms with van der Waals surface area (Å²) < 4.78 is 61.9. The van der Waals surface area contributed by atoms with E-state index in [0.717, 1.165) is 0 Å². The van der Waals surface area contributed by atoms with Crippen molar-refractivity contribution in [2.75, 3.05) is 0 Å². The van der Waals surface area contributed by atoms with Gasteiger partial charge in [0.05, 0.1) is 0 Å². The standard InChI is InChI=1S/C10H25F3O4Si4/c1-18(2)14-19(3,4)16-21(7,9-8-10(11,12)13)17-20(5,6)15-18/h8-9H2,1-7H3. The summed E-state index contributed by atoms with van der Waals surface area (Å²) in [5.74, 6) is 0. The van der Waals surface area contributed by atoms with E-state index < -0.39 is 46.8 Å². The van der Waals surface area contributed by atoms with Crippen LogP contribution in [0.25, 0.3) is 0 Å². The van der Waals surface area contributed by atoms with Crippen LogP contribution in [-0.2, 0) is 16.5 Å². The molecule has 1 heterocycles. The van der Waals surface area contributed by atoms with Crippen molar-refractivity contribution in [2.24, 2.45) is 0 Å². The van der Waals surface area contributed by atoms with Gasteiger partial charge in [0.25, 0.3) is 0 Å². The Labute approximate surface area is 128 Å². The molecule has 0 aromatic heterocycles. The van der Waals surface area contributed by atoms with Gasteiger partial charge in [0.2, 0.25) is 0 Å². The maximum atomic E-state index is 12.5. The Morgan fingerprint density at radius 1 is 0.667 bits per heavy atom. The summed E-state index contributed by atoms with van der Waals surface area (Å²) in [6.45, 7) is 12.9. The van der Waals surface area contributed by atoms with Crippen LogP contribution in [0.3, 0.4) is 0 Å². The molecule has 0 aromatic rings. The Morgan fingerprint density at radius 2 is 1.00 bits per heavy atom. The summed E-state index contributed by atoms with van der Waals surface area (Å²) in [5.41, 5.74) is 0. The molecule has 0 unspecified atom stereocenters. The lowest BCUT2D eigenvalue weighted by atomic mass is 10.5. The smallest absolute Gasteiger partial charge is 0.389 e. The molecule has 1 aliphatic rings. The maximum absolute atomic E-state index is 12.5. The maximum Gasteiger partial charge on any atom is 0.389 e. The molecule has 11 heteroatoms. The van der Waals surface area contributed by atoms with Crippen LogP contribution < -0.4 is 0 Å². The summed E-state index contributed by atoms with van der Waals surface area (Å²) in [5, 5.41) is 0. The topological polar surface area (TPSA) is 36.9 Å². The van der Waals surface area contributed by atoms with E-state index in [9.17, 15) is 13.2 Å². The Bertz CT molecular complexity index is 365. The van der Waals surface area contributed by atoms with Gasteiger partial charge in [-0.25, -0.2) is 0 Å². The molecule has 0 amide bonds. The Balaban J connectivity index is 2.98. The summed E-state index contributed by atoms with van der Waals surface area (Å²) >= 11 is 0. The second-order valence-corrected chi connectivity index (χ2v) is 21.3. The molecule has 0 aliphatic carbocycles. The molecule has 0 saturated carbocycles. The highest BCUT2D eigenvalue weighted by Gasteiger charge is 2.53. The third-order valence-electron chi connectivity index (χ3n) is 2.77. The van der Waals surface area contributed by atoms with Gasteiger partial charge in [0, 0.05) is 6.42 Å². The Kier molecular flexibility index (Phi) is 5.44. The van der Waals surface area contributed by atoms with Crippen molar-refractivity contribution in [3.63, 3.8) is 0 Å². The molecule has 0 spiro atoms. The van der Waals surface area contributed by atoms with E-state index in [0.29, 0.717) is 0 Å². The molecule has 1 rings (SSSR count). The Hall–Kier alpha value is 0.498. The quantitative estimate of drug-likeness (QED) is 0.675. The molecule has 126 valence electrons. The lowest BCUT2D eigenvalue weighted by molar-refractivity contribution is -0.131. The monoisotopic (exact) mass is 378 g/mol. The van der Waals surface area contributed by atoms with E-state index in [4.69, 9.17) is 16.5 Å². The summed E-state index contributed by atoms with van der Waals surface area (Å²) in [7, 11) is -10.5. The van der Waals surface area contributed by atoms with Gasteiger partial charge in [0.1, 0.15) is 0 Å². The van der Waals surface area contributed by atoms with E-state index in [2.05, 4.69) is 0 Å². The number of hydrogen-bond acceptors (Lipinski definition) is 4. The second-order valence-electron chi connectivity index (χ2n) is 6.86. The number of rotatable bonds is 2. The van der Waals surface area contributed by atoms with E-state index in [1.54, 1.807) is 6.55 Å². The molecule has 0 N–H and O–H groups in total. The van der Waals surface area contributed by atoms with Crippen LogP contribution in [0.4, 0.5) is 13.2 Å². The van der Waals surface area contributed by atoms with Crippen LogP contribution in [0.15, 0.2) is 0 Å². The van der Waals surface area contributed by atoms with E-state index in [1.807, 2.05) is 39.3 Å². The highest BCUT2D eigenvalue weighted by molar-refractivity contribution is 6.93. The number of alkyl halides is 3. The summed E-state index contributed by atoms with van der Waals surface area (Å²) in [4.78, 5) is 0. The average molecular weight is 379 g/mol. The molecule has 21 heavy (non-hydrogen) atoms. The van der Waals surface area contributed by atoms with Crippen LogP contribution >= 0.6 is 0 Å². The number of hydrogen-bond donors (Lipinski definition) is 0. The first-order chi connectivity index (χ1) is 9.04. The second kappa shape index (κ2) is 5.85. The molecule has 0 aromatic carbocycles. The van der Waals surface area contributed by atoms with Gasteiger partial charge in [-0.3, -0.25) is 0 Å². The van der Waals surface area contributed by atoms with Crippen molar-refractivity contribution < 1.29 is 29.6 Å². The normalized spacial score (nSPS) is 27.7. The van der Waals surface area contributed by atoms with Crippen molar-refractivity contribution >= 4 is 34.2 Å². The molecule has 0 atom stereocenters. The first-order valence-electron chi connectivity index (χ1n) is 6.91. The molecule has 0 bridgehead atoms. The van der Waals surface area contributed by atoms with Crippen LogP contribution in [0.1, 0.15) is 6.42 Å². The minimum Gasteiger partial charge on any atom is -0.416 e. The van der Waals surface area contributed by atoms with E-state index in [1.165, 1.54) is 0 Å². The molecular formula is C10H25F3O4Si4. The lowest BCUT2D eigenvalue weighted by Crippen LogP contribution is -2.65. The van der Waals surface area contributed by atoms with Crippen LogP contribution in [0.2, 0.25) is 51.9 Å². The van der Waals surface area contributed by atoms with Gasteiger partial charge in [-0.15, -0.1) is 0 Å². The van der Waals surface area contributed by atoms with Gasteiger partial charge >= 0.3 is 40.4 Å². The predicted molar refractivity (Wildman–Crippen MR) is 83.9 cm³/mol. The molecule has 4 nitrogen and oxygen atoms in total. The van der Waals surface area contributed by atoms with Crippen molar-refractivity contribution in [2.45, 2.75) is 64.5 Å². The van der Waals surface area contributed by atoms with Crippen LogP contribution in [-0.4, -0.2) is 40.4 Å². The third kappa shape index (κ3) is 7.07. The fraction of sp³-hybridized carbons (Fsp3) is 1.00. The van der Waals surface area contributed by atoms with Gasteiger partial charge in [-0.1, -0.05) is 0 Å². The SMILES string of the molecule is C[Si]1(C)O[Si](C)(C)O[Si](C)(CCC(F)(F)F)O[Si](C)(C)O1. The van der Waals surface area contributed by atoms with E-state index in [-0.39, 0.29) is 6.04 Å². The average Bonchev–Trinajstić information content (AvgIpc) is 2.04. The predicted octanol–water partition coefficient (Wildman–Crippen LogP) is 4.20. The zero-order valence-corrected chi connectivity index (χ0v) is 17.7. The minimum atomic E-state index is -4.21. The summed E-state index contributed by atoms with van der Waals surface area (Å²) in [6.07, 6.45) is -5.11. The third-order valence-corrected chi connectivity index (χ3v) is 19.2. The van der Waals surface area contributed by atoms with Gasteiger partial charge in [-0.05, 0) is 51.9 Å². The van der Waals surface area contributed by atoms with Crippen molar-refractivity contribution in [1.82, 2.24) is 0 Å². The van der Waals surface area contributed by atoms with Gasteiger partial charge in [-0.2, -0.15) is 13.2 Å². The fourth-order valence-corrected chi connectivity index (χ4v) is 24.3. The van der Waals surface area contributed by atoms with Crippen molar-refractivity contribution in [3.8, 4) is 0 Å². The fourth-order valence-electron chi connectivity index (χ4n) is 2.78. The summed E-state index contributed by atoms with van der Waals surface area (Å²) in [6, 6.07) is -0.127. The molecule has 1 fully saturated rings. The largest absolute Gasteiger partial charge is 0.416 e.